The number of hydrogen-bond acceptors (Lipinski definition) is 2. The lowest BCUT2D eigenvalue weighted by Gasteiger charge is -2.29. The van der Waals surface area contributed by atoms with Crippen LogP contribution in [0.5, 0.6) is 0 Å². The Morgan fingerprint density at radius 1 is 0.833 bits per heavy atom. The summed E-state index contributed by atoms with van der Waals surface area (Å²) < 4.78 is 0. The van der Waals surface area contributed by atoms with Crippen molar-refractivity contribution < 1.29 is 4.79 Å². The summed E-state index contributed by atoms with van der Waals surface area (Å²) in [6.45, 7) is 0. The molecule has 3 nitrogen and oxygen atoms in total. The highest BCUT2D eigenvalue weighted by Gasteiger charge is 2.50. The van der Waals surface area contributed by atoms with Gasteiger partial charge in [0.15, 0.2) is 0 Å². The van der Waals surface area contributed by atoms with E-state index in [4.69, 9.17) is 4.99 Å². The minimum Gasteiger partial charge on any atom is -0.310 e. The summed E-state index contributed by atoms with van der Waals surface area (Å²) in [5.41, 5.74) is 3.34. The van der Waals surface area contributed by atoms with Gasteiger partial charge in [0, 0.05) is 11.5 Å². The minimum absolute atomic E-state index is 0.0346. The molecule has 1 fully saturated rings. The van der Waals surface area contributed by atoms with Gasteiger partial charge in [-0.3, -0.25) is 9.79 Å². The van der Waals surface area contributed by atoms with Crippen molar-refractivity contribution in [3.63, 3.8) is 0 Å². The lowest BCUT2D eigenvalue weighted by atomic mass is 9.87. The Kier molecular flexibility index (Phi) is 2.96. The van der Waals surface area contributed by atoms with E-state index in [1.54, 1.807) is 0 Å². The Balaban J connectivity index is 1.47. The molecular weight excluding hydrogens is 296 g/mol. The smallest absolute Gasteiger partial charge is 0.231 e. The molecule has 0 saturated heterocycles. The monoisotopic (exact) mass is 314 g/mol. The molecule has 1 amide bonds. The number of nitrogens with zero attached hydrogens (tertiary/aromatic N) is 1. The maximum absolute atomic E-state index is 12.5. The second kappa shape index (κ2) is 5.17. The molecule has 1 heterocycles. The lowest BCUT2D eigenvalue weighted by molar-refractivity contribution is -0.125. The van der Waals surface area contributed by atoms with Gasteiger partial charge in [-0.25, -0.2) is 0 Å². The van der Waals surface area contributed by atoms with Gasteiger partial charge in [0.05, 0.1) is 12.0 Å². The van der Waals surface area contributed by atoms with Crippen molar-refractivity contribution in [3.8, 4) is 11.1 Å². The molecule has 1 N–H and O–H groups in total. The van der Waals surface area contributed by atoms with Gasteiger partial charge < -0.3 is 5.32 Å². The SMILES string of the molecule is O=C1NC(c2ccc(-c3ccccc3)cc2)=NC2C3C=CC(C3)C12. The van der Waals surface area contributed by atoms with Crippen LogP contribution < -0.4 is 5.32 Å². The Morgan fingerprint density at radius 3 is 2.29 bits per heavy atom. The zero-order chi connectivity index (χ0) is 16.1. The predicted molar refractivity (Wildman–Crippen MR) is 94.6 cm³/mol. The summed E-state index contributed by atoms with van der Waals surface area (Å²) in [6.07, 6.45) is 5.51. The zero-order valence-corrected chi connectivity index (χ0v) is 13.2. The fourth-order valence-corrected chi connectivity index (χ4v) is 4.30. The standard InChI is InChI=1S/C21H18N2O/c24-21-18-16-10-11-17(12-16)19(18)22-20(23-21)15-8-6-14(7-9-15)13-4-2-1-3-5-13/h1-11,16-19H,12H2,(H,22,23,24). The van der Waals surface area contributed by atoms with Crippen LogP contribution in [0, 0.1) is 17.8 Å². The number of carbonyl (C=O) groups excluding carboxylic acids is 1. The van der Waals surface area contributed by atoms with E-state index < -0.39 is 0 Å². The van der Waals surface area contributed by atoms with Gasteiger partial charge in [-0.1, -0.05) is 66.7 Å². The van der Waals surface area contributed by atoms with E-state index in [0.717, 1.165) is 17.8 Å². The molecule has 4 unspecified atom stereocenters. The number of amidine groups is 1. The van der Waals surface area contributed by atoms with Crippen molar-refractivity contribution in [1.29, 1.82) is 0 Å². The van der Waals surface area contributed by atoms with Crippen LogP contribution in [-0.4, -0.2) is 17.8 Å². The van der Waals surface area contributed by atoms with Crippen molar-refractivity contribution in [1.82, 2.24) is 5.32 Å². The first-order valence-electron chi connectivity index (χ1n) is 8.52. The fourth-order valence-electron chi connectivity index (χ4n) is 4.30. The van der Waals surface area contributed by atoms with Gasteiger partial charge >= 0.3 is 0 Å². The number of rotatable bonds is 2. The number of nitrogens with one attached hydrogen (secondary N) is 1. The second-order valence-electron chi connectivity index (χ2n) is 6.88. The summed E-state index contributed by atoms with van der Waals surface area (Å²) in [5, 5.41) is 3.03. The number of allylic oxidation sites excluding steroid dienone is 1. The van der Waals surface area contributed by atoms with Gasteiger partial charge in [-0.05, 0) is 23.5 Å². The Bertz CT molecular complexity index is 851. The summed E-state index contributed by atoms with van der Waals surface area (Å²) in [5.74, 6) is 1.71. The first-order valence-corrected chi connectivity index (χ1v) is 8.52. The highest BCUT2D eigenvalue weighted by Crippen LogP contribution is 2.46. The van der Waals surface area contributed by atoms with Crippen LogP contribution in [0.4, 0.5) is 0 Å². The predicted octanol–water partition coefficient (Wildman–Crippen LogP) is 3.42. The second-order valence-corrected chi connectivity index (χ2v) is 6.88. The van der Waals surface area contributed by atoms with Crippen molar-refractivity contribution in [2.45, 2.75) is 12.5 Å². The molecule has 4 atom stereocenters. The summed E-state index contributed by atoms with van der Waals surface area (Å²) >= 11 is 0. The van der Waals surface area contributed by atoms with Crippen LogP contribution in [0.15, 0.2) is 71.7 Å². The largest absolute Gasteiger partial charge is 0.310 e. The fraction of sp³-hybridized carbons (Fsp3) is 0.238. The maximum atomic E-state index is 12.5. The van der Waals surface area contributed by atoms with E-state index in [0.29, 0.717) is 11.8 Å². The number of fused-ring (bicyclic) bond motifs is 5. The lowest BCUT2D eigenvalue weighted by Crippen LogP contribution is -2.47. The molecule has 2 aromatic carbocycles. The summed E-state index contributed by atoms with van der Waals surface area (Å²) in [4.78, 5) is 17.4. The van der Waals surface area contributed by atoms with Crippen molar-refractivity contribution in [2.75, 3.05) is 0 Å². The van der Waals surface area contributed by atoms with Gasteiger partial charge in [0.25, 0.3) is 0 Å². The number of benzene rings is 2. The highest BCUT2D eigenvalue weighted by atomic mass is 16.2. The Morgan fingerprint density at radius 2 is 1.50 bits per heavy atom. The average Bonchev–Trinajstić information content (AvgIpc) is 3.25. The molecule has 5 rings (SSSR count). The minimum atomic E-state index is 0.0346. The van der Waals surface area contributed by atoms with E-state index in [1.807, 2.05) is 30.3 Å². The van der Waals surface area contributed by atoms with E-state index >= 15 is 0 Å². The maximum Gasteiger partial charge on any atom is 0.231 e. The van der Waals surface area contributed by atoms with Crippen LogP contribution in [0.1, 0.15) is 12.0 Å². The molecule has 3 aliphatic rings. The molecule has 3 heteroatoms. The molecule has 0 aromatic heterocycles. The van der Waals surface area contributed by atoms with Crippen LogP contribution in [0.2, 0.25) is 0 Å². The third-order valence-electron chi connectivity index (χ3n) is 5.51. The van der Waals surface area contributed by atoms with Crippen LogP contribution in [-0.2, 0) is 4.79 Å². The molecule has 2 aromatic rings. The van der Waals surface area contributed by atoms with E-state index in [2.05, 4.69) is 41.7 Å². The van der Waals surface area contributed by atoms with Gasteiger partial charge in [-0.15, -0.1) is 0 Å². The number of aliphatic imine (C=N–C) groups is 1. The quantitative estimate of drug-likeness (QED) is 0.848. The first-order chi connectivity index (χ1) is 11.8. The molecule has 2 aliphatic carbocycles. The van der Waals surface area contributed by atoms with Crippen LogP contribution in [0.25, 0.3) is 11.1 Å². The summed E-state index contributed by atoms with van der Waals surface area (Å²) in [7, 11) is 0. The van der Waals surface area contributed by atoms with E-state index in [9.17, 15) is 4.79 Å². The van der Waals surface area contributed by atoms with Gasteiger partial charge in [0.1, 0.15) is 5.84 Å². The highest BCUT2D eigenvalue weighted by molar-refractivity contribution is 6.10. The van der Waals surface area contributed by atoms with E-state index in [-0.39, 0.29) is 17.9 Å². The van der Waals surface area contributed by atoms with Crippen LogP contribution >= 0.6 is 0 Å². The first kappa shape index (κ1) is 13.7. The molecule has 118 valence electrons. The number of hydrogen-bond donors (Lipinski definition) is 1. The normalized spacial score (nSPS) is 30.0. The van der Waals surface area contributed by atoms with Crippen LogP contribution in [0.3, 0.4) is 0 Å². The zero-order valence-electron chi connectivity index (χ0n) is 13.2. The van der Waals surface area contributed by atoms with Gasteiger partial charge in [0.2, 0.25) is 5.91 Å². The Labute approximate surface area is 141 Å². The molecule has 0 radical (unpaired) electrons. The molecular formula is C21H18N2O. The third kappa shape index (κ3) is 2.04. The van der Waals surface area contributed by atoms with Gasteiger partial charge in [-0.2, -0.15) is 0 Å². The molecule has 24 heavy (non-hydrogen) atoms. The molecule has 1 saturated carbocycles. The molecule has 1 aliphatic heterocycles. The molecule has 0 spiro atoms. The van der Waals surface area contributed by atoms with Crippen molar-refractivity contribution >= 4 is 11.7 Å². The topological polar surface area (TPSA) is 41.5 Å². The third-order valence-corrected chi connectivity index (χ3v) is 5.51. The summed E-state index contributed by atoms with van der Waals surface area (Å²) in [6, 6.07) is 18.7. The van der Waals surface area contributed by atoms with Crippen molar-refractivity contribution in [2.24, 2.45) is 22.7 Å². The molecule has 2 bridgehead atoms. The number of carbonyl (C=O) groups is 1. The van der Waals surface area contributed by atoms with E-state index in [1.165, 1.54) is 11.1 Å². The average molecular weight is 314 g/mol. The number of amides is 1. The Hall–Kier alpha value is -2.68. The van der Waals surface area contributed by atoms with Crippen molar-refractivity contribution in [3.05, 3.63) is 72.3 Å².